The van der Waals surface area contributed by atoms with Crippen LogP contribution in [0.3, 0.4) is 0 Å². The second-order valence-electron chi connectivity index (χ2n) is 4.60. The largest absolute Gasteiger partial charge is 0.261 e. The van der Waals surface area contributed by atoms with Gasteiger partial charge < -0.3 is 0 Å². The Labute approximate surface area is 123 Å². The molecule has 0 radical (unpaired) electrons. The summed E-state index contributed by atoms with van der Waals surface area (Å²) in [6.07, 6.45) is 10.8. The van der Waals surface area contributed by atoms with E-state index in [1.54, 1.807) is 6.20 Å². The molecule has 6 nitrogen and oxygen atoms in total. The van der Waals surface area contributed by atoms with Gasteiger partial charge in [-0.15, -0.1) is 0 Å². The molecule has 0 aliphatic rings. The van der Waals surface area contributed by atoms with Crippen LogP contribution in [0, 0.1) is 0 Å². The lowest BCUT2D eigenvalue weighted by Gasteiger charge is -2.01. The first-order chi connectivity index (χ1) is 9.81. The number of halogens is 1. The van der Waals surface area contributed by atoms with Gasteiger partial charge in [0.1, 0.15) is 0 Å². The van der Waals surface area contributed by atoms with E-state index in [0.29, 0.717) is 11.5 Å². The molecule has 0 aromatic carbocycles. The number of aromatic nitrogens is 4. The molecule has 0 saturated heterocycles. The summed E-state index contributed by atoms with van der Waals surface area (Å²) in [5.41, 5.74) is 3.49. The third kappa shape index (κ3) is 4.16. The summed E-state index contributed by atoms with van der Waals surface area (Å²) in [6, 6.07) is 0. The molecule has 0 atom stereocenters. The Hall–Kier alpha value is -1.69. The van der Waals surface area contributed by atoms with E-state index < -0.39 is 0 Å². The highest BCUT2D eigenvalue weighted by Gasteiger charge is 2.06. The van der Waals surface area contributed by atoms with Crippen molar-refractivity contribution in [2.24, 2.45) is 5.10 Å². The van der Waals surface area contributed by atoms with Crippen LogP contribution >= 0.6 is 11.6 Å². The molecule has 20 heavy (non-hydrogen) atoms. The van der Waals surface area contributed by atoms with Crippen LogP contribution in [-0.2, 0) is 0 Å². The number of hydrogen-bond donors (Lipinski definition) is 2. The number of nitrogens with zero attached hydrogens (tertiary/aromatic N) is 4. The first-order valence-electron chi connectivity index (χ1n) is 6.95. The van der Waals surface area contributed by atoms with Gasteiger partial charge in [0.15, 0.2) is 11.5 Å². The Morgan fingerprint density at radius 2 is 2.15 bits per heavy atom. The molecule has 2 aromatic rings. The maximum absolute atomic E-state index is 5.83. The molecular formula is C13H19ClN6. The predicted molar refractivity (Wildman–Crippen MR) is 82.2 cm³/mol. The third-order valence-electron chi connectivity index (χ3n) is 2.98. The molecule has 0 unspecified atom stereocenters. The SMILES string of the molecule is CCCCCCC/C=N/Nc1nc(Cl)nc2[nH]ncc12. The topological polar surface area (TPSA) is 78.9 Å². The van der Waals surface area contributed by atoms with Crippen molar-refractivity contribution >= 4 is 34.7 Å². The lowest BCUT2D eigenvalue weighted by Crippen LogP contribution is -1.96. The van der Waals surface area contributed by atoms with Crippen molar-refractivity contribution in [3.8, 4) is 0 Å². The van der Waals surface area contributed by atoms with Crippen LogP contribution in [0.4, 0.5) is 5.82 Å². The Morgan fingerprint density at radius 1 is 1.30 bits per heavy atom. The summed E-state index contributed by atoms with van der Waals surface area (Å²) in [6.45, 7) is 2.22. The third-order valence-corrected chi connectivity index (χ3v) is 3.15. The second kappa shape index (κ2) is 7.79. The zero-order valence-corrected chi connectivity index (χ0v) is 12.3. The fourth-order valence-electron chi connectivity index (χ4n) is 1.90. The van der Waals surface area contributed by atoms with E-state index >= 15 is 0 Å². The number of unbranched alkanes of at least 4 members (excludes halogenated alkanes) is 5. The van der Waals surface area contributed by atoms with E-state index in [9.17, 15) is 0 Å². The minimum Gasteiger partial charge on any atom is -0.261 e. The highest BCUT2D eigenvalue weighted by Crippen LogP contribution is 2.19. The van der Waals surface area contributed by atoms with E-state index in [1.165, 1.54) is 25.7 Å². The number of anilines is 1. The number of rotatable bonds is 8. The van der Waals surface area contributed by atoms with Crippen molar-refractivity contribution in [2.45, 2.75) is 45.4 Å². The molecule has 0 spiro atoms. The smallest absolute Gasteiger partial charge is 0.226 e. The normalized spacial score (nSPS) is 11.5. The fourth-order valence-corrected chi connectivity index (χ4v) is 2.07. The van der Waals surface area contributed by atoms with E-state index in [4.69, 9.17) is 11.6 Å². The average Bonchev–Trinajstić information content (AvgIpc) is 2.89. The summed E-state index contributed by atoms with van der Waals surface area (Å²) in [5, 5.41) is 11.8. The zero-order valence-electron chi connectivity index (χ0n) is 11.6. The molecule has 0 aliphatic carbocycles. The van der Waals surface area contributed by atoms with Crippen LogP contribution in [0.15, 0.2) is 11.3 Å². The van der Waals surface area contributed by atoms with Crippen LogP contribution in [-0.4, -0.2) is 26.4 Å². The first kappa shape index (κ1) is 14.7. The number of H-pyrrole nitrogens is 1. The van der Waals surface area contributed by atoms with Gasteiger partial charge in [-0.3, -0.25) is 10.5 Å². The van der Waals surface area contributed by atoms with Gasteiger partial charge >= 0.3 is 0 Å². The monoisotopic (exact) mass is 294 g/mol. The Balaban J connectivity index is 1.82. The zero-order chi connectivity index (χ0) is 14.2. The van der Waals surface area contributed by atoms with Gasteiger partial charge in [-0.1, -0.05) is 32.6 Å². The molecule has 108 valence electrons. The average molecular weight is 295 g/mol. The lowest BCUT2D eigenvalue weighted by molar-refractivity contribution is 0.645. The highest BCUT2D eigenvalue weighted by molar-refractivity contribution is 6.28. The van der Waals surface area contributed by atoms with Crippen molar-refractivity contribution in [1.82, 2.24) is 20.2 Å². The predicted octanol–water partition coefficient (Wildman–Crippen LogP) is 3.76. The summed E-state index contributed by atoms with van der Waals surface area (Å²) in [7, 11) is 0. The number of hydrogen-bond acceptors (Lipinski definition) is 5. The van der Waals surface area contributed by atoms with E-state index in [0.717, 1.165) is 18.2 Å². The quantitative estimate of drug-likeness (QED) is 0.336. The summed E-state index contributed by atoms with van der Waals surface area (Å²) >= 11 is 5.83. The number of hydrazone groups is 1. The summed E-state index contributed by atoms with van der Waals surface area (Å²) < 4.78 is 0. The molecule has 0 saturated carbocycles. The van der Waals surface area contributed by atoms with Gasteiger partial charge in [0.25, 0.3) is 0 Å². The van der Waals surface area contributed by atoms with Gasteiger partial charge in [-0.25, -0.2) is 0 Å². The summed E-state index contributed by atoms with van der Waals surface area (Å²) in [4.78, 5) is 8.13. The van der Waals surface area contributed by atoms with Gasteiger partial charge in [0.05, 0.1) is 11.6 Å². The van der Waals surface area contributed by atoms with Crippen molar-refractivity contribution in [2.75, 3.05) is 5.43 Å². The van der Waals surface area contributed by atoms with Crippen molar-refractivity contribution in [1.29, 1.82) is 0 Å². The molecule has 0 amide bonds. The van der Waals surface area contributed by atoms with Crippen molar-refractivity contribution in [3.05, 3.63) is 11.5 Å². The molecule has 7 heteroatoms. The van der Waals surface area contributed by atoms with E-state index in [2.05, 4.69) is 37.6 Å². The maximum Gasteiger partial charge on any atom is 0.226 e. The molecular weight excluding hydrogens is 276 g/mol. The molecule has 0 aliphatic heterocycles. The van der Waals surface area contributed by atoms with Gasteiger partial charge in [-0.05, 0) is 24.4 Å². The maximum atomic E-state index is 5.83. The lowest BCUT2D eigenvalue weighted by atomic mass is 10.1. The van der Waals surface area contributed by atoms with Crippen LogP contribution in [0.1, 0.15) is 45.4 Å². The molecule has 0 bridgehead atoms. The Kier molecular flexibility index (Phi) is 5.73. The van der Waals surface area contributed by atoms with E-state index in [1.807, 2.05) is 6.21 Å². The first-order valence-corrected chi connectivity index (χ1v) is 7.33. The van der Waals surface area contributed by atoms with Crippen LogP contribution in [0.25, 0.3) is 11.0 Å². The van der Waals surface area contributed by atoms with Gasteiger partial charge in [0.2, 0.25) is 5.28 Å². The molecule has 2 heterocycles. The van der Waals surface area contributed by atoms with Crippen molar-refractivity contribution < 1.29 is 0 Å². The number of aromatic amines is 1. The molecule has 2 aromatic heterocycles. The van der Waals surface area contributed by atoms with Crippen LogP contribution < -0.4 is 5.43 Å². The Morgan fingerprint density at radius 3 is 3.00 bits per heavy atom. The minimum atomic E-state index is 0.166. The van der Waals surface area contributed by atoms with Gasteiger partial charge in [-0.2, -0.15) is 20.2 Å². The second-order valence-corrected chi connectivity index (χ2v) is 4.94. The number of fused-ring (bicyclic) bond motifs is 1. The Bertz CT molecular complexity index is 565. The van der Waals surface area contributed by atoms with Crippen molar-refractivity contribution in [3.63, 3.8) is 0 Å². The fraction of sp³-hybridized carbons (Fsp3) is 0.538. The highest BCUT2D eigenvalue weighted by atomic mass is 35.5. The molecule has 2 N–H and O–H groups in total. The summed E-state index contributed by atoms with van der Waals surface area (Å²) in [5.74, 6) is 0.566. The standard InChI is InChI=1S/C13H19ClN6/c1-2-3-4-5-6-7-8-15-19-11-10-9-16-20-12(10)18-13(14)17-11/h8-9H,2-7H2,1H3,(H2,16,17,18,19,20)/b15-8+. The van der Waals surface area contributed by atoms with E-state index in [-0.39, 0.29) is 5.28 Å². The van der Waals surface area contributed by atoms with Crippen LogP contribution in [0.2, 0.25) is 5.28 Å². The molecule has 2 rings (SSSR count). The minimum absolute atomic E-state index is 0.166. The van der Waals surface area contributed by atoms with Gasteiger partial charge in [0, 0.05) is 6.21 Å². The molecule has 0 fully saturated rings. The number of nitrogens with one attached hydrogen (secondary N) is 2. The van der Waals surface area contributed by atoms with Crippen LogP contribution in [0.5, 0.6) is 0 Å².